The molecule has 0 radical (unpaired) electrons. The van der Waals surface area contributed by atoms with Crippen LogP contribution in [0, 0.1) is 0 Å². The van der Waals surface area contributed by atoms with Gasteiger partial charge in [-0.3, -0.25) is 0 Å². The van der Waals surface area contributed by atoms with Crippen molar-refractivity contribution in [2.24, 2.45) is 0 Å². The molecule has 5 heteroatoms. The van der Waals surface area contributed by atoms with E-state index < -0.39 is 11.9 Å². The van der Waals surface area contributed by atoms with Gasteiger partial charge in [0.25, 0.3) is 0 Å². The number of aromatic amines is 1. The van der Waals surface area contributed by atoms with E-state index in [2.05, 4.69) is 52.4 Å². The minimum Gasteiger partial charge on any atom is -0.344 e. The number of H-pyrrole nitrogens is 1. The summed E-state index contributed by atoms with van der Waals surface area (Å²) in [6.45, 7) is 0. The molecule has 0 spiro atoms. The Balaban J connectivity index is 1.62. The van der Waals surface area contributed by atoms with Crippen molar-refractivity contribution in [1.29, 1.82) is 0 Å². The second-order valence-corrected chi connectivity index (χ2v) is 7.63. The van der Waals surface area contributed by atoms with Crippen LogP contribution in [0.3, 0.4) is 0 Å². The van der Waals surface area contributed by atoms with Gasteiger partial charge in [-0.15, -0.1) is 0 Å². The average Bonchev–Trinajstić information content (AvgIpc) is 3.23. The van der Waals surface area contributed by atoms with Crippen LogP contribution in [0.5, 0.6) is 0 Å². The summed E-state index contributed by atoms with van der Waals surface area (Å²) in [5.41, 5.74) is 6.69. The molecule has 1 aliphatic carbocycles. The van der Waals surface area contributed by atoms with Gasteiger partial charge in [0, 0.05) is 11.8 Å². The molecule has 0 fully saturated rings. The number of alkyl halides is 3. The standard InChI is InChI=1S/C26H19F3N2/c27-26(28,29)24-16-30-25(31-24)20-9-5-6-17(14-20)15-23-21-10-3-1-7-18(21)12-13-19-8-2-4-11-22(19)23/h1-11,14-16H,12-13H2,(H,30,31). The zero-order valence-corrected chi connectivity index (χ0v) is 16.6. The van der Waals surface area contributed by atoms with Gasteiger partial charge >= 0.3 is 6.18 Å². The maximum Gasteiger partial charge on any atom is 0.434 e. The number of benzene rings is 3. The van der Waals surface area contributed by atoms with Crippen LogP contribution in [0.15, 0.2) is 79.0 Å². The summed E-state index contributed by atoms with van der Waals surface area (Å²) in [4.78, 5) is 6.37. The highest BCUT2D eigenvalue weighted by molar-refractivity contribution is 5.94. The molecule has 0 amide bonds. The lowest BCUT2D eigenvalue weighted by molar-refractivity contribution is -0.140. The number of halogens is 3. The number of aromatic nitrogens is 2. The number of rotatable bonds is 2. The van der Waals surface area contributed by atoms with Crippen molar-refractivity contribution in [1.82, 2.24) is 9.97 Å². The first kappa shape index (κ1) is 19.4. The Kier molecular flexibility index (Phi) is 4.74. The molecule has 0 saturated heterocycles. The summed E-state index contributed by atoms with van der Waals surface area (Å²) in [6.07, 6.45) is 0.481. The molecular formula is C26H19F3N2. The van der Waals surface area contributed by atoms with Gasteiger partial charge in [0.15, 0.2) is 5.69 Å². The number of aryl methyl sites for hydroxylation is 2. The van der Waals surface area contributed by atoms with Crippen molar-refractivity contribution in [3.63, 3.8) is 0 Å². The number of hydrogen-bond donors (Lipinski definition) is 1. The molecule has 31 heavy (non-hydrogen) atoms. The third-order valence-corrected chi connectivity index (χ3v) is 5.62. The van der Waals surface area contributed by atoms with Gasteiger partial charge in [-0.2, -0.15) is 13.2 Å². The summed E-state index contributed by atoms with van der Waals surface area (Å²) in [5, 5.41) is 0. The molecule has 0 bridgehead atoms. The summed E-state index contributed by atoms with van der Waals surface area (Å²) in [7, 11) is 0. The lowest BCUT2D eigenvalue weighted by Gasteiger charge is -2.12. The van der Waals surface area contributed by atoms with Gasteiger partial charge in [0.05, 0.1) is 0 Å². The largest absolute Gasteiger partial charge is 0.434 e. The molecule has 2 nitrogen and oxygen atoms in total. The molecule has 0 atom stereocenters. The smallest absolute Gasteiger partial charge is 0.344 e. The van der Waals surface area contributed by atoms with Gasteiger partial charge in [-0.1, -0.05) is 66.7 Å². The predicted molar refractivity (Wildman–Crippen MR) is 116 cm³/mol. The molecule has 1 aliphatic rings. The Morgan fingerprint density at radius 3 is 2.06 bits per heavy atom. The van der Waals surface area contributed by atoms with Crippen molar-refractivity contribution in [3.8, 4) is 11.4 Å². The zero-order valence-electron chi connectivity index (χ0n) is 16.6. The summed E-state index contributed by atoms with van der Waals surface area (Å²) < 4.78 is 38.8. The Morgan fingerprint density at radius 2 is 1.45 bits per heavy atom. The van der Waals surface area contributed by atoms with E-state index in [1.54, 1.807) is 6.07 Å². The fraction of sp³-hybridized carbons (Fsp3) is 0.115. The Bertz CT molecular complexity index is 1230. The number of nitrogens with one attached hydrogen (secondary N) is 1. The number of fused-ring (bicyclic) bond motifs is 2. The van der Waals surface area contributed by atoms with Gasteiger partial charge in [-0.05, 0) is 58.4 Å². The second-order valence-electron chi connectivity index (χ2n) is 7.63. The third-order valence-electron chi connectivity index (χ3n) is 5.62. The van der Waals surface area contributed by atoms with Crippen molar-refractivity contribution in [2.75, 3.05) is 0 Å². The van der Waals surface area contributed by atoms with E-state index in [1.807, 2.05) is 30.3 Å². The average molecular weight is 416 g/mol. The fourth-order valence-corrected chi connectivity index (χ4v) is 4.13. The third kappa shape index (κ3) is 3.79. The minimum absolute atomic E-state index is 0.203. The monoisotopic (exact) mass is 416 g/mol. The van der Waals surface area contributed by atoms with Crippen molar-refractivity contribution < 1.29 is 13.2 Å². The van der Waals surface area contributed by atoms with Crippen LogP contribution < -0.4 is 0 Å². The molecule has 0 saturated carbocycles. The van der Waals surface area contributed by atoms with E-state index in [-0.39, 0.29) is 5.82 Å². The molecule has 4 aromatic rings. The van der Waals surface area contributed by atoms with Gasteiger partial charge in [0.1, 0.15) is 5.82 Å². The van der Waals surface area contributed by atoms with Crippen LogP contribution in [0.25, 0.3) is 23.0 Å². The highest BCUT2D eigenvalue weighted by Gasteiger charge is 2.33. The second kappa shape index (κ2) is 7.58. The van der Waals surface area contributed by atoms with Crippen LogP contribution in [-0.2, 0) is 19.0 Å². The first-order chi connectivity index (χ1) is 15.0. The van der Waals surface area contributed by atoms with Crippen molar-refractivity contribution >= 4 is 11.6 Å². The van der Waals surface area contributed by atoms with E-state index in [0.29, 0.717) is 5.56 Å². The number of imidazole rings is 1. The molecule has 1 N–H and O–H groups in total. The maximum atomic E-state index is 12.9. The van der Waals surface area contributed by atoms with Crippen LogP contribution in [-0.4, -0.2) is 9.97 Å². The van der Waals surface area contributed by atoms with Crippen molar-refractivity contribution in [2.45, 2.75) is 19.0 Å². The predicted octanol–water partition coefficient (Wildman–Crippen LogP) is 6.78. The van der Waals surface area contributed by atoms with Crippen LogP contribution >= 0.6 is 0 Å². The Morgan fingerprint density at radius 1 is 0.806 bits per heavy atom. The SMILES string of the molecule is FC(F)(F)c1c[nH]c(-c2cccc(C=C3c4ccccc4CCc4ccccc43)c2)n1. The van der Waals surface area contributed by atoms with Crippen molar-refractivity contribution in [3.05, 3.63) is 113 Å². The topological polar surface area (TPSA) is 28.7 Å². The molecule has 1 aromatic heterocycles. The lowest BCUT2D eigenvalue weighted by atomic mass is 9.92. The van der Waals surface area contributed by atoms with Crippen LogP contribution in [0.1, 0.15) is 33.5 Å². The molecule has 0 unspecified atom stereocenters. The zero-order chi connectivity index (χ0) is 21.4. The highest BCUT2D eigenvalue weighted by atomic mass is 19.4. The first-order valence-electron chi connectivity index (χ1n) is 10.1. The summed E-state index contributed by atoms with van der Waals surface area (Å²) in [5.74, 6) is 0.203. The van der Waals surface area contributed by atoms with E-state index in [4.69, 9.17) is 0 Å². The van der Waals surface area contributed by atoms with E-state index in [9.17, 15) is 13.2 Å². The number of nitrogens with zero attached hydrogens (tertiary/aromatic N) is 1. The summed E-state index contributed by atoms with van der Waals surface area (Å²) >= 11 is 0. The molecular weight excluding hydrogens is 397 g/mol. The quantitative estimate of drug-likeness (QED) is 0.383. The van der Waals surface area contributed by atoms with E-state index in [0.717, 1.165) is 30.2 Å². The van der Waals surface area contributed by atoms with Crippen LogP contribution in [0.4, 0.5) is 13.2 Å². The van der Waals surface area contributed by atoms with Gasteiger partial charge in [0.2, 0.25) is 0 Å². The fourth-order valence-electron chi connectivity index (χ4n) is 4.13. The summed E-state index contributed by atoms with van der Waals surface area (Å²) in [6, 6.07) is 24.2. The van der Waals surface area contributed by atoms with Gasteiger partial charge < -0.3 is 4.98 Å². The van der Waals surface area contributed by atoms with E-state index in [1.165, 1.54) is 22.3 Å². The molecule has 5 rings (SSSR count). The molecule has 154 valence electrons. The lowest BCUT2D eigenvalue weighted by Crippen LogP contribution is -2.04. The van der Waals surface area contributed by atoms with E-state index >= 15 is 0 Å². The molecule has 0 aliphatic heterocycles. The minimum atomic E-state index is -4.47. The highest BCUT2D eigenvalue weighted by Crippen LogP contribution is 2.35. The first-order valence-corrected chi connectivity index (χ1v) is 10.1. The maximum absolute atomic E-state index is 12.9. The molecule has 3 aromatic carbocycles. The number of hydrogen-bond acceptors (Lipinski definition) is 1. The Labute approximate surface area is 178 Å². The molecule has 1 heterocycles. The Hall–Kier alpha value is -3.60. The normalized spacial score (nSPS) is 13.3. The van der Waals surface area contributed by atoms with Gasteiger partial charge in [-0.25, -0.2) is 4.98 Å². The van der Waals surface area contributed by atoms with Crippen LogP contribution in [0.2, 0.25) is 0 Å².